The van der Waals surface area contributed by atoms with Crippen LogP contribution in [0.1, 0.15) is 24.0 Å². The first kappa shape index (κ1) is 12.6. The lowest BCUT2D eigenvalue weighted by Gasteiger charge is -2.18. The Morgan fingerprint density at radius 2 is 2.26 bits per heavy atom. The highest BCUT2D eigenvalue weighted by atomic mass is 16.1. The molecule has 19 heavy (non-hydrogen) atoms. The summed E-state index contributed by atoms with van der Waals surface area (Å²) in [4.78, 5) is 11.3. The molecule has 0 saturated carbocycles. The van der Waals surface area contributed by atoms with Crippen LogP contribution in [-0.2, 0) is 17.8 Å². The second kappa shape index (κ2) is 5.72. The van der Waals surface area contributed by atoms with Gasteiger partial charge in [0.25, 0.3) is 0 Å². The Balaban J connectivity index is 1.55. The van der Waals surface area contributed by atoms with Gasteiger partial charge in [-0.15, -0.1) is 0 Å². The van der Waals surface area contributed by atoms with Crippen LogP contribution in [0.3, 0.4) is 0 Å². The molecule has 1 aromatic rings. The molecule has 1 unspecified atom stereocenters. The van der Waals surface area contributed by atoms with Gasteiger partial charge in [0.2, 0.25) is 5.91 Å². The maximum atomic E-state index is 11.3. The second-order valence-corrected chi connectivity index (χ2v) is 5.53. The number of nitrogens with one attached hydrogen (secondary N) is 3. The summed E-state index contributed by atoms with van der Waals surface area (Å²) in [6, 6.07) is 6.35. The molecular weight excluding hydrogens is 238 g/mol. The van der Waals surface area contributed by atoms with Crippen molar-refractivity contribution < 1.29 is 4.79 Å². The number of rotatable bonds is 4. The standard InChI is InChI=1S/C15H21N3O/c19-15-4-2-13-7-11(1-3-14(13)18-15)8-17-10-12-5-6-16-9-12/h1,3,7,12,16-17H,2,4-6,8-10H2,(H,18,19). The fourth-order valence-electron chi connectivity index (χ4n) is 2.86. The third kappa shape index (κ3) is 3.14. The average Bonchev–Trinajstić information content (AvgIpc) is 2.92. The van der Waals surface area contributed by atoms with E-state index in [4.69, 9.17) is 0 Å². The summed E-state index contributed by atoms with van der Waals surface area (Å²) in [7, 11) is 0. The quantitative estimate of drug-likeness (QED) is 0.763. The van der Waals surface area contributed by atoms with E-state index < -0.39 is 0 Å². The topological polar surface area (TPSA) is 53.2 Å². The van der Waals surface area contributed by atoms with Gasteiger partial charge in [0.05, 0.1) is 0 Å². The Hall–Kier alpha value is -1.39. The third-order valence-corrected chi connectivity index (χ3v) is 3.99. The lowest BCUT2D eigenvalue weighted by atomic mass is 10.0. The zero-order valence-electron chi connectivity index (χ0n) is 11.2. The Bertz CT molecular complexity index is 466. The van der Waals surface area contributed by atoms with Gasteiger partial charge in [-0.05, 0) is 55.6 Å². The Morgan fingerprint density at radius 1 is 1.32 bits per heavy atom. The van der Waals surface area contributed by atoms with Crippen LogP contribution in [0, 0.1) is 5.92 Å². The number of aryl methyl sites for hydroxylation is 1. The maximum absolute atomic E-state index is 11.3. The number of amides is 1. The molecule has 1 fully saturated rings. The minimum absolute atomic E-state index is 0.132. The summed E-state index contributed by atoms with van der Waals surface area (Å²) in [6.07, 6.45) is 2.75. The number of carbonyl (C=O) groups is 1. The zero-order valence-corrected chi connectivity index (χ0v) is 11.2. The summed E-state index contributed by atoms with van der Waals surface area (Å²) in [5.74, 6) is 0.907. The molecule has 2 aliphatic rings. The molecule has 0 aliphatic carbocycles. The van der Waals surface area contributed by atoms with Crippen molar-refractivity contribution in [2.75, 3.05) is 25.0 Å². The molecule has 1 aromatic carbocycles. The molecule has 1 amide bonds. The molecule has 0 radical (unpaired) electrons. The first-order valence-electron chi connectivity index (χ1n) is 7.14. The highest BCUT2D eigenvalue weighted by Crippen LogP contribution is 2.23. The molecule has 0 spiro atoms. The van der Waals surface area contributed by atoms with Gasteiger partial charge in [-0.3, -0.25) is 4.79 Å². The van der Waals surface area contributed by atoms with E-state index in [1.54, 1.807) is 0 Å². The number of hydrogen-bond acceptors (Lipinski definition) is 3. The second-order valence-electron chi connectivity index (χ2n) is 5.53. The SMILES string of the molecule is O=C1CCc2cc(CNCC3CCNC3)ccc2N1. The molecule has 0 aromatic heterocycles. The van der Waals surface area contributed by atoms with Crippen molar-refractivity contribution in [2.24, 2.45) is 5.92 Å². The minimum Gasteiger partial charge on any atom is -0.326 e. The van der Waals surface area contributed by atoms with Crippen LogP contribution in [0.15, 0.2) is 18.2 Å². The lowest BCUT2D eigenvalue weighted by molar-refractivity contribution is -0.116. The van der Waals surface area contributed by atoms with Crippen molar-refractivity contribution in [3.63, 3.8) is 0 Å². The van der Waals surface area contributed by atoms with Crippen LogP contribution < -0.4 is 16.0 Å². The van der Waals surface area contributed by atoms with Gasteiger partial charge in [0.15, 0.2) is 0 Å². The van der Waals surface area contributed by atoms with Crippen LogP contribution in [0.4, 0.5) is 5.69 Å². The average molecular weight is 259 g/mol. The molecule has 4 nitrogen and oxygen atoms in total. The van der Waals surface area contributed by atoms with Gasteiger partial charge < -0.3 is 16.0 Å². The molecule has 102 valence electrons. The van der Waals surface area contributed by atoms with Crippen molar-refractivity contribution in [3.8, 4) is 0 Å². The van der Waals surface area contributed by atoms with E-state index in [2.05, 4.69) is 28.1 Å². The number of hydrogen-bond donors (Lipinski definition) is 3. The number of carbonyl (C=O) groups excluding carboxylic acids is 1. The van der Waals surface area contributed by atoms with Crippen LogP contribution in [0.5, 0.6) is 0 Å². The zero-order chi connectivity index (χ0) is 13.1. The first-order valence-corrected chi connectivity index (χ1v) is 7.14. The maximum Gasteiger partial charge on any atom is 0.224 e. The molecule has 0 bridgehead atoms. The van der Waals surface area contributed by atoms with Crippen molar-refractivity contribution in [1.82, 2.24) is 10.6 Å². The van der Waals surface area contributed by atoms with Crippen LogP contribution in [0.25, 0.3) is 0 Å². The van der Waals surface area contributed by atoms with E-state index in [0.717, 1.165) is 44.2 Å². The summed E-state index contributed by atoms with van der Waals surface area (Å²) >= 11 is 0. The van der Waals surface area contributed by atoms with E-state index in [-0.39, 0.29) is 5.91 Å². The number of benzene rings is 1. The van der Waals surface area contributed by atoms with Crippen LogP contribution in [-0.4, -0.2) is 25.5 Å². The predicted molar refractivity (Wildman–Crippen MR) is 76.1 cm³/mol. The molecule has 3 N–H and O–H groups in total. The van der Waals surface area contributed by atoms with Crippen molar-refractivity contribution in [3.05, 3.63) is 29.3 Å². The van der Waals surface area contributed by atoms with E-state index in [9.17, 15) is 4.79 Å². The van der Waals surface area contributed by atoms with Crippen LogP contribution >= 0.6 is 0 Å². The Labute approximate surface area is 114 Å². The fraction of sp³-hybridized carbons (Fsp3) is 0.533. The smallest absolute Gasteiger partial charge is 0.224 e. The fourth-order valence-corrected chi connectivity index (χ4v) is 2.86. The number of anilines is 1. The van der Waals surface area contributed by atoms with E-state index >= 15 is 0 Å². The van der Waals surface area contributed by atoms with Crippen molar-refractivity contribution in [1.29, 1.82) is 0 Å². The van der Waals surface area contributed by atoms with Gasteiger partial charge in [-0.2, -0.15) is 0 Å². The molecule has 2 aliphatic heterocycles. The largest absolute Gasteiger partial charge is 0.326 e. The van der Waals surface area contributed by atoms with Crippen molar-refractivity contribution in [2.45, 2.75) is 25.8 Å². The molecule has 2 heterocycles. The molecular formula is C15H21N3O. The normalized spacial score (nSPS) is 22.1. The molecule has 1 atom stereocenters. The lowest BCUT2D eigenvalue weighted by Crippen LogP contribution is -2.24. The van der Waals surface area contributed by atoms with E-state index in [0.29, 0.717) is 6.42 Å². The van der Waals surface area contributed by atoms with Crippen LogP contribution in [0.2, 0.25) is 0 Å². The van der Waals surface area contributed by atoms with Crippen molar-refractivity contribution >= 4 is 11.6 Å². The first-order chi connectivity index (χ1) is 9.31. The summed E-state index contributed by atoms with van der Waals surface area (Å²) in [6.45, 7) is 4.30. The highest BCUT2D eigenvalue weighted by molar-refractivity contribution is 5.93. The molecule has 4 heteroatoms. The third-order valence-electron chi connectivity index (χ3n) is 3.99. The van der Waals surface area contributed by atoms with Gasteiger partial charge >= 0.3 is 0 Å². The Morgan fingerprint density at radius 3 is 3.11 bits per heavy atom. The monoisotopic (exact) mass is 259 g/mol. The highest BCUT2D eigenvalue weighted by Gasteiger charge is 2.15. The summed E-state index contributed by atoms with van der Waals surface area (Å²) in [5.41, 5.74) is 3.56. The summed E-state index contributed by atoms with van der Waals surface area (Å²) < 4.78 is 0. The van der Waals surface area contributed by atoms with Gasteiger partial charge in [-0.25, -0.2) is 0 Å². The predicted octanol–water partition coefficient (Wildman–Crippen LogP) is 1.27. The van der Waals surface area contributed by atoms with E-state index in [1.807, 2.05) is 6.07 Å². The van der Waals surface area contributed by atoms with E-state index in [1.165, 1.54) is 17.5 Å². The molecule has 1 saturated heterocycles. The summed E-state index contributed by atoms with van der Waals surface area (Å²) in [5, 5.41) is 9.84. The molecule has 3 rings (SSSR count). The minimum atomic E-state index is 0.132. The van der Waals surface area contributed by atoms with Gasteiger partial charge in [0.1, 0.15) is 0 Å². The van der Waals surface area contributed by atoms with Gasteiger partial charge in [0, 0.05) is 18.7 Å². The number of fused-ring (bicyclic) bond motifs is 1. The van der Waals surface area contributed by atoms with Gasteiger partial charge in [-0.1, -0.05) is 12.1 Å². The Kier molecular flexibility index (Phi) is 3.80.